The molecule has 3 rings (SSSR count). The number of halogens is 3. The van der Waals surface area contributed by atoms with Crippen LogP contribution < -0.4 is 5.32 Å². The maximum atomic E-state index is 14.2. The van der Waals surface area contributed by atoms with Crippen molar-refractivity contribution in [2.75, 3.05) is 6.54 Å². The first-order valence-corrected chi connectivity index (χ1v) is 10.6. The van der Waals surface area contributed by atoms with E-state index in [2.05, 4.69) is 5.32 Å². The summed E-state index contributed by atoms with van der Waals surface area (Å²) in [6.45, 7) is -0.0227. The second-order valence-corrected chi connectivity index (χ2v) is 8.85. The molecule has 1 amide bonds. The van der Waals surface area contributed by atoms with Crippen molar-refractivity contribution in [3.05, 3.63) is 64.7 Å². The number of nitrogens with zero attached hydrogens (tertiary/aromatic N) is 1. The maximum absolute atomic E-state index is 14.2. The van der Waals surface area contributed by atoms with E-state index in [0.717, 1.165) is 10.4 Å². The molecule has 5 nitrogen and oxygen atoms in total. The Morgan fingerprint density at radius 3 is 2.54 bits per heavy atom. The summed E-state index contributed by atoms with van der Waals surface area (Å²) in [5.41, 5.74) is -0.144. The zero-order valence-electron chi connectivity index (χ0n) is 14.9. The van der Waals surface area contributed by atoms with Gasteiger partial charge in [-0.25, -0.2) is 17.2 Å². The van der Waals surface area contributed by atoms with Crippen LogP contribution in [0.5, 0.6) is 0 Å². The van der Waals surface area contributed by atoms with Crippen molar-refractivity contribution in [2.45, 2.75) is 36.7 Å². The van der Waals surface area contributed by atoms with Gasteiger partial charge in [-0.1, -0.05) is 23.7 Å². The third kappa shape index (κ3) is 4.34. The smallest absolute Gasteiger partial charge is 0.244 e. The van der Waals surface area contributed by atoms with Crippen LogP contribution in [0.25, 0.3) is 0 Å². The Balaban J connectivity index is 2.06. The standard InChI is InChI=1S/C19H19ClF2N2O3S/c20-14-7-9-15(10-8-14)28(26,27)24(17-6-1-2-11-23-19(17)25)12-13-4-3-5-16(21)18(13)22/h3-5,7-10,17H,1-2,6,11-12H2,(H,23,25). The average molecular weight is 429 g/mol. The molecule has 0 bridgehead atoms. The van der Waals surface area contributed by atoms with Crippen molar-refractivity contribution in [3.8, 4) is 0 Å². The molecule has 1 unspecified atom stereocenters. The number of carbonyl (C=O) groups is 1. The van der Waals surface area contributed by atoms with Gasteiger partial charge in [-0.05, 0) is 49.6 Å². The molecule has 150 valence electrons. The number of rotatable bonds is 5. The van der Waals surface area contributed by atoms with Gasteiger partial charge >= 0.3 is 0 Å². The van der Waals surface area contributed by atoms with Crippen LogP contribution in [0.2, 0.25) is 5.02 Å². The van der Waals surface area contributed by atoms with Gasteiger partial charge in [-0.15, -0.1) is 0 Å². The highest BCUT2D eigenvalue weighted by Gasteiger charge is 2.37. The third-order valence-electron chi connectivity index (χ3n) is 4.63. The Labute approximate surface area is 167 Å². The fourth-order valence-corrected chi connectivity index (χ4v) is 4.86. The Hall–Kier alpha value is -2.03. The second-order valence-electron chi connectivity index (χ2n) is 6.52. The molecule has 1 aliphatic rings. The van der Waals surface area contributed by atoms with Gasteiger partial charge in [0.1, 0.15) is 6.04 Å². The molecule has 1 aliphatic heterocycles. The molecule has 0 aromatic heterocycles. The monoisotopic (exact) mass is 428 g/mol. The number of carbonyl (C=O) groups excluding carboxylic acids is 1. The van der Waals surface area contributed by atoms with Crippen LogP contribution in [0.15, 0.2) is 47.4 Å². The summed E-state index contributed by atoms with van der Waals surface area (Å²) in [6, 6.07) is 8.01. The van der Waals surface area contributed by atoms with Gasteiger partial charge in [-0.3, -0.25) is 4.79 Å². The number of hydrogen-bond donors (Lipinski definition) is 1. The van der Waals surface area contributed by atoms with Crippen LogP contribution in [0.1, 0.15) is 24.8 Å². The van der Waals surface area contributed by atoms with Gasteiger partial charge in [0.05, 0.1) is 4.90 Å². The summed E-state index contributed by atoms with van der Waals surface area (Å²) in [5, 5.41) is 3.04. The van der Waals surface area contributed by atoms with E-state index in [0.29, 0.717) is 24.4 Å². The highest BCUT2D eigenvalue weighted by Crippen LogP contribution is 2.27. The predicted molar refractivity (Wildman–Crippen MR) is 101 cm³/mol. The number of hydrogen-bond acceptors (Lipinski definition) is 3. The van der Waals surface area contributed by atoms with Crippen molar-refractivity contribution in [2.24, 2.45) is 0 Å². The van der Waals surface area contributed by atoms with E-state index >= 15 is 0 Å². The van der Waals surface area contributed by atoms with E-state index in [-0.39, 0.29) is 16.9 Å². The lowest BCUT2D eigenvalue weighted by molar-refractivity contribution is -0.124. The summed E-state index contributed by atoms with van der Waals surface area (Å²) in [6.07, 6.45) is 1.63. The van der Waals surface area contributed by atoms with Crippen molar-refractivity contribution in [1.82, 2.24) is 9.62 Å². The van der Waals surface area contributed by atoms with Crippen LogP contribution >= 0.6 is 11.6 Å². The molecule has 9 heteroatoms. The van der Waals surface area contributed by atoms with E-state index < -0.39 is 40.2 Å². The van der Waals surface area contributed by atoms with E-state index in [1.165, 1.54) is 36.4 Å². The van der Waals surface area contributed by atoms with Crippen LogP contribution in [0.4, 0.5) is 8.78 Å². The molecule has 0 radical (unpaired) electrons. The minimum Gasteiger partial charge on any atom is -0.355 e. The molecular weight excluding hydrogens is 410 g/mol. The Kier molecular flexibility index (Phi) is 6.32. The highest BCUT2D eigenvalue weighted by atomic mass is 35.5. The van der Waals surface area contributed by atoms with E-state index in [4.69, 9.17) is 11.6 Å². The van der Waals surface area contributed by atoms with E-state index in [9.17, 15) is 22.0 Å². The first-order valence-electron chi connectivity index (χ1n) is 8.78. The van der Waals surface area contributed by atoms with Crippen LogP contribution in [-0.4, -0.2) is 31.2 Å². The minimum atomic E-state index is -4.17. The quantitative estimate of drug-likeness (QED) is 0.792. The van der Waals surface area contributed by atoms with Gasteiger partial charge in [-0.2, -0.15) is 4.31 Å². The van der Waals surface area contributed by atoms with Crippen molar-refractivity contribution in [1.29, 1.82) is 0 Å². The molecule has 1 heterocycles. The van der Waals surface area contributed by atoms with Crippen LogP contribution in [-0.2, 0) is 21.4 Å². The zero-order valence-corrected chi connectivity index (χ0v) is 16.4. The van der Waals surface area contributed by atoms with Crippen molar-refractivity contribution >= 4 is 27.5 Å². The molecule has 2 aromatic carbocycles. The Morgan fingerprint density at radius 1 is 1.11 bits per heavy atom. The number of sulfonamides is 1. The summed E-state index contributed by atoms with van der Waals surface area (Å²) >= 11 is 5.84. The van der Waals surface area contributed by atoms with E-state index in [1.807, 2.05) is 0 Å². The first-order chi connectivity index (χ1) is 13.3. The summed E-state index contributed by atoms with van der Waals surface area (Å²) in [7, 11) is -4.17. The molecule has 1 fully saturated rings. The van der Waals surface area contributed by atoms with Crippen molar-refractivity contribution < 1.29 is 22.0 Å². The second kappa shape index (κ2) is 8.55. The molecule has 0 spiro atoms. The van der Waals surface area contributed by atoms with Gasteiger partial charge in [0.2, 0.25) is 15.9 Å². The number of benzene rings is 2. The third-order valence-corrected chi connectivity index (χ3v) is 6.75. The van der Waals surface area contributed by atoms with Gasteiger partial charge in [0.25, 0.3) is 0 Å². The topological polar surface area (TPSA) is 66.5 Å². The molecule has 1 N–H and O–H groups in total. The zero-order chi connectivity index (χ0) is 20.3. The van der Waals surface area contributed by atoms with Crippen molar-refractivity contribution in [3.63, 3.8) is 0 Å². The van der Waals surface area contributed by atoms with Crippen LogP contribution in [0, 0.1) is 11.6 Å². The summed E-state index contributed by atoms with van der Waals surface area (Å²) in [4.78, 5) is 12.4. The van der Waals surface area contributed by atoms with Crippen LogP contribution in [0.3, 0.4) is 0 Å². The predicted octanol–water partition coefficient (Wildman–Crippen LogP) is 3.48. The molecule has 1 atom stereocenters. The van der Waals surface area contributed by atoms with Gasteiger partial charge in [0.15, 0.2) is 11.6 Å². The lowest BCUT2D eigenvalue weighted by Gasteiger charge is -2.29. The first kappa shape index (κ1) is 20.7. The average Bonchev–Trinajstić information content (AvgIpc) is 2.87. The Morgan fingerprint density at radius 2 is 1.82 bits per heavy atom. The highest BCUT2D eigenvalue weighted by molar-refractivity contribution is 7.89. The lowest BCUT2D eigenvalue weighted by Crippen LogP contribution is -2.48. The Bertz CT molecular complexity index is 968. The van der Waals surface area contributed by atoms with E-state index in [1.54, 1.807) is 0 Å². The van der Waals surface area contributed by atoms with Gasteiger partial charge in [0, 0.05) is 23.7 Å². The molecule has 0 aliphatic carbocycles. The summed E-state index contributed by atoms with van der Waals surface area (Å²) in [5.74, 6) is -2.66. The lowest BCUT2D eigenvalue weighted by atomic mass is 10.1. The molecular formula is C19H19ClF2N2O3S. The SMILES string of the molecule is O=C1NCCCCC1N(Cc1cccc(F)c1F)S(=O)(=O)c1ccc(Cl)cc1. The minimum absolute atomic E-state index is 0.0780. The normalized spacial score (nSPS) is 18.0. The molecule has 28 heavy (non-hydrogen) atoms. The fourth-order valence-electron chi connectivity index (χ4n) is 3.14. The maximum Gasteiger partial charge on any atom is 0.244 e. The summed E-state index contributed by atoms with van der Waals surface area (Å²) < 4.78 is 55.4. The largest absolute Gasteiger partial charge is 0.355 e. The number of amides is 1. The molecule has 0 saturated carbocycles. The fraction of sp³-hybridized carbons (Fsp3) is 0.316. The molecule has 1 saturated heterocycles. The number of nitrogens with one attached hydrogen (secondary N) is 1. The molecule has 2 aromatic rings. The van der Waals surface area contributed by atoms with Gasteiger partial charge < -0.3 is 5.32 Å².